The van der Waals surface area contributed by atoms with Gasteiger partial charge in [0.2, 0.25) is 0 Å². The Labute approximate surface area is 116 Å². The summed E-state index contributed by atoms with van der Waals surface area (Å²) in [5, 5.41) is 9.72. The van der Waals surface area contributed by atoms with Crippen LogP contribution in [0.4, 0.5) is 22.0 Å². The van der Waals surface area contributed by atoms with E-state index in [0.717, 1.165) is 6.20 Å². The zero-order chi connectivity index (χ0) is 15.4. The second kappa shape index (κ2) is 4.53. The number of hydrogen-bond donors (Lipinski definition) is 1. The summed E-state index contributed by atoms with van der Waals surface area (Å²) in [7, 11) is 0. The van der Waals surface area contributed by atoms with E-state index in [1.165, 1.54) is 0 Å². The van der Waals surface area contributed by atoms with E-state index in [-0.39, 0.29) is 29.7 Å². The number of aliphatic hydroxyl groups excluding tert-OH is 1. The Morgan fingerprint density at radius 3 is 2.52 bits per heavy atom. The standard InChI is InChI=1S/C13H12F5NO2/c14-12(15)3-6(4-12)21-9-5-19-11(13(16,17)18)10-7(9)1-2-8(10)20/h5-6,8,20H,1-4H2. The highest BCUT2D eigenvalue weighted by Gasteiger charge is 2.48. The van der Waals surface area contributed by atoms with E-state index < -0.39 is 42.8 Å². The van der Waals surface area contributed by atoms with Crippen molar-refractivity contribution in [3.8, 4) is 5.75 Å². The third kappa shape index (κ3) is 2.56. The highest BCUT2D eigenvalue weighted by molar-refractivity contribution is 5.46. The van der Waals surface area contributed by atoms with Gasteiger partial charge in [0, 0.05) is 24.0 Å². The average molecular weight is 309 g/mol. The molecule has 2 aliphatic rings. The minimum absolute atomic E-state index is 0.0649. The van der Waals surface area contributed by atoms with Gasteiger partial charge in [-0.25, -0.2) is 13.8 Å². The van der Waals surface area contributed by atoms with Gasteiger partial charge in [-0.15, -0.1) is 0 Å². The van der Waals surface area contributed by atoms with Crippen molar-refractivity contribution < 1.29 is 31.8 Å². The SMILES string of the molecule is OC1CCc2c(OC3CC(F)(F)C3)cnc(C(F)(F)F)c21. The molecular formula is C13H12F5NO2. The fourth-order valence-electron chi connectivity index (χ4n) is 2.79. The third-order valence-corrected chi connectivity index (χ3v) is 3.80. The summed E-state index contributed by atoms with van der Waals surface area (Å²) in [6.45, 7) is 0. The van der Waals surface area contributed by atoms with Crippen molar-refractivity contribution in [2.75, 3.05) is 0 Å². The lowest BCUT2D eigenvalue weighted by Gasteiger charge is -2.35. The summed E-state index contributed by atoms with van der Waals surface area (Å²) in [6, 6.07) is 0. The molecule has 3 nitrogen and oxygen atoms in total. The maximum Gasteiger partial charge on any atom is 0.433 e. The van der Waals surface area contributed by atoms with Gasteiger partial charge in [-0.1, -0.05) is 0 Å². The fourth-order valence-corrected chi connectivity index (χ4v) is 2.79. The van der Waals surface area contributed by atoms with Crippen molar-refractivity contribution in [3.05, 3.63) is 23.0 Å². The van der Waals surface area contributed by atoms with E-state index in [0.29, 0.717) is 0 Å². The summed E-state index contributed by atoms with van der Waals surface area (Å²) in [4.78, 5) is 3.32. The molecule has 0 spiro atoms. The monoisotopic (exact) mass is 309 g/mol. The van der Waals surface area contributed by atoms with Crippen LogP contribution in [0, 0.1) is 0 Å². The molecule has 1 unspecified atom stereocenters. The van der Waals surface area contributed by atoms with Crippen LogP contribution < -0.4 is 4.74 Å². The molecule has 1 aromatic rings. The van der Waals surface area contributed by atoms with Gasteiger partial charge >= 0.3 is 6.18 Å². The molecule has 1 heterocycles. The molecule has 1 fully saturated rings. The maximum atomic E-state index is 12.9. The molecule has 0 amide bonds. The summed E-state index contributed by atoms with van der Waals surface area (Å²) >= 11 is 0. The summed E-state index contributed by atoms with van der Waals surface area (Å²) in [5.74, 6) is -2.71. The molecule has 1 aromatic heterocycles. The molecule has 1 atom stereocenters. The molecular weight excluding hydrogens is 297 g/mol. The van der Waals surface area contributed by atoms with Crippen molar-refractivity contribution >= 4 is 0 Å². The van der Waals surface area contributed by atoms with Crippen LogP contribution in [0.15, 0.2) is 6.20 Å². The molecule has 2 aliphatic carbocycles. The number of rotatable bonds is 2. The van der Waals surface area contributed by atoms with Gasteiger partial charge in [0.1, 0.15) is 11.9 Å². The van der Waals surface area contributed by atoms with Crippen molar-refractivity contribution in [3.63, 3.8) is 0 Å². The fraction of sp³-hybridized carbons (Fsp3) is 0.615. The molecule has 1 N–H and O–H groups in total. The molecule has 1 saturated carbocycles. The van der Waals surface area contributed by atoms with E-state index in [1.54, 1.807) is 0 Å². The number of fused-ring (bicyclic) bond motifs is 1. The first-order valence-corrected chi connectivity index (χ1v) is 6.49. The van der Waals surface area contributed by atoms with Crippen LogP contribution in [0.5, 0.6) is 5.75 Å². The van der Waals surface area contributed by atoms with Crippen molar-refractivity contribution in [1.82, 2.24) is 4.98 Å². The molecule has 21 heavy (non-hydrogen) atoms. The van der Waals surface area contributed by atoms with Crippen LogP contribution in [0.25, 0.3) is 0 Å². The Hall–Kier alpha value is -1.44. The second-order valence-corrected chi connectivity index (χ2v) is 5.42. The lowest BCUT2D eigenvalue weighted by atomic mass is 9.91. The molecule has 0 aliphatic heterocycles. The Morgan fingerprint density at radius 1 is 1.29 bits per heavy atom. The lowest BCUT2D eigenvalue weighted by Crippen LogP contribution is -2.43. The van der Waals surface area contributed by atoms with E-state index in [9.17, 15) is 27.1 Å². The predicted molar refractivity (Wildman–Crippen MR) is 61.1 cm³/mol. The smallest absolute Gasteiger partial charge is 0.433 e. The van der Waals surface area contributed by atoms with Gasteiger partial charge < -0.3 is 9.84 Å². The van der Waals surface area contributed by atoms with Gasteiger partial charge in [0.25, 0.3) is 5.92 Å². The van der Waals surface area contributed by atoms with E-state index in [2.05, 4.69) is 4.98 Å². The van der Waals surface area contributed by atoms with Crippen LogP contribution >= 0.6 is 0 Å². The number of nitrogens with zero attached hydrogens (tertiary/aromatic N) is 1. The Bertz CT molecular complexity index is 564. The first-order valence-electron chi connectivity index (χ1n) is 6.49. The Kier molecular flexibility index (Phi) is 3.12. The highest BCUT2D eigenvalue weighted by Crippen LogP contribution is 2.46. The first-order chi connectivity index (χ1) is 9.67. The minimum atomic E-state index is -4.67. The molecule has 3 rings (SSSR count). The normalized spacial score (nSPS) is 24.6. The Morgan fingerprint density at radius 2 is 1.95 bits per heavy atom. The molecule has 0 radical (unpaired) electrons. The van der Waals surface area contributed by atoms with Crippen LogP contribution in [0.2, 0.25) is 0 Å². The Balaban J connectivity index is 1.91. The van der Waals surface area contributed by atoms with Crippen molar-refractivity contribution in [1.29, 1.82) is 0 Å². The number of ether oxygens (including phenoxy) is 1. The number of aliphatic hydroxyl groups is 1. The minimum Gasteiger partial charge on any atom is -0.488 e. The van der Waals surface area contributed by atoms with Gasteiger partial charge in [-0.05, 0) is 12.8 Å². The number of pyridine rings is 1. The average Bonchev–Trinajstić information content (AvgIpc) is 2.69. The van der Waals surface area contributed by atoms with Crippen LogP contribution in [-0.2, 0) is 12.6 Å². The number of halogens is 5. The summed E-state index contributed by atoms with van der Waals surface area (Å²) in [5.41, 5.74) is -1.19. The summed E-state index contributed by atoms with van der Waals surface area (Å²) < 4.78 is 69.5. The van der Waals surface area contributed by atoms with Crippen molar-refractivity contribution in [2.45, 2.75) is 50.0 Å². The van der Waals surface area contributed by atoms with E-state index in [1.807, 2.05) is 0 Å². The van der Waals surface area contributed by atoms with E-state index in [4.69, 9.17) is 4.74 Å². The second-order valence-electron chi connectivity index (χ2n) is 5.42. The molecule has 0 aromatic carbocycles. The number of aromatic nitrogens is 1. The number of alkyl halides is 5. The first kappa shape index (κ1) is 14.5. The molecule has 0 bridgehead atoms. The van der Waals surface area contributed by atoms with Gasteiger partial charge in [-0.3, -0.25) is 0 Å². The van der Waals surface area contributed by atoms with Gasteiger partial charge in [-0.2, -0.15) is 13.2 Å². The van der Waals surface area contributed by atoms with Crippen LogP contribution in [0.1, 0.15) is 42.2 Å². The third-order valence-electron chi connectivity index (χ3n) is 3.80. The van der Waals surface area contributed by atoms with Crippen LogP contribution in [-0.4, -0.2) is 22.1 Å². The molecule has 116 valence electrons. The van der Waals surface area contributed by atoms with Gasteiger partial charge in [0.05, 0.1) is 12.3 Å². The van der Waals surface area contributed by atoms with Gasteiger partial charge in [0.15, 0.2) is 5.69 Å². The van der Waals surface area contributed by atoms with Crippen molar-refractivity contribution in [2.24, 2.45) is 0 Å². The largest absolute Gasteiger partial charge is 0.488 e. The zero-order valence-corrected chi connectivity index (χ0v) is 10.8. The molecule has 8 heteroatoms. The topological polar surface area (TPSA) is 42.4 Å². The number of hydrogen-bond acceptors (Lipinski definition) is 3. The van der Waals surface area contributed by atoms with E-state index >= 15 is 0 Å². The maximum absolute atomic E-state index is 12.9. The zero-order valence-electron chi connectivity index (χ0n) is 10.8. The quantitative estimate of drug-likeness (QED) is 0.853. The van der Waals surface area contributed by atoms with Crippen LogP contribution in [0.3, 0.4) is 0 Å². The molecule has 0 saturated heterocycles. The summed E-state index contributed by atoms with van der Waals surface area (Å²) in [6.07, 6.45) is -6.29. The highest BCUT2D eigenvalue weighted by atomic mass is 19.4. The lowest BCUT2D eigenvalue weighted by molar-refractivity contribution is -0.143. The predicted octanol–water partition coefficient (Wildman–Crippen LogP) is 3.26.